The number of aromatic nitrogens is 4. The molecular formula is C21H19N5O2. The van der Waals surface area contributed by atoms with Crippen LogP contribution in [0.3, 0.4) is 0 Å². The quantitative estimate of drug-likeness (QED) is 0.541. The predicted octanol–water partition coefficient (Wildman–Crippen LogP) is 3.58. The van der Waals surface area contributed by atoms with Gasteiger partial charge < -0.3 is 10.1 Å². The van der Waals surface area contributed by atoms with Crippen LogP contribution in [0.15, 0.2) is 73.1 Å². The summed E-state index contributed by atoms with van der Waals surface area (Å²) in [4.78, 5) is 12.6. The Morgan fingerprint density at radius 1 is 1.14 bits per heavy atom. The van der Waals surface area contributed by atoms with Gasteiger partial charge in [0.1, 0.15) is 11.4 Å². The number of hydrogen-bond acceptors (Lipinski definition) is 4. The number of rotatable bonds is 6. The molecule has 0 aliphatic heterocycles. The molecule has 4 rings (SSSR count). The van der Waals surface area contributed by atoms with Gasteiger partial charge in [0.05, 0.1) is 19.3 Å². The number of aromatic amines is 1. The van der Waals surface area contributed by atoms with Gasteiger partial charge in [-0.25, -0.2) is 0 Å². The molecule has 0 radical (unpaired) electrons. The Labute approximate surface area is 162 Å². The van der Waals surface area contributed by atoms with Crippen molar-refractivity contribution in [3.63, 3.8) is 0 Å². The van der Waals surface area contributed by atoms with Gasteiger partial charge in [-0.2, -0.15) is 10.2 Å². The highest BCUT2D eigenvalue weighted by atomic mass is 16.5. The van der Waals surface area contributed by atoms with Crippen LogP contribution in [0.1, 0.15) is 16.1 Å². The Balaban J connectivity index is 1.47. The number of carbonyl (C=O) groups excluding carboxylic acids is 1. The van der Waals surface area contributed by atoms with Crippen molar-refractivity contribution >= 4 is 11.6 Å². The monoisotopic (exact) mass is 373 g/mol. The van der Waals surface area contributed by atoms with Crippen LogP contribution in [0, 0.1) is 0 Å². The summed E-state index contributed by atoms with van der Waals surface area (Å²) in [7, 11) is 1.61. The molecule has 4 aromatic rings. The molecule has 2 N–H and O–H groups in total. The molecule has 0 aliphatic carbocycles. The number of benzene rings is 2. The average Bonchev–Trinajstić information content (AvgIpc) is 3.40. The number of anilines is 1. The highest BCUT2D eigenvalue weighted by Gasteiger charge is 2.12. The summed E-state index contributed by atoms with van der Waals surface area (Å²) in [5.41, 5.74) is 3.69. The third-order valence-corrected chi connectivity index (χ3v) is 4.28. The summed E-state index contributed by atoms with van der Waals surface area (Å²) in [6.45, 7) is 0.640. The molecule has 2 aromatic carbocycles. The summed E-state index contributed by atoms with van der Waals surface area (Å²) >= 11 is 0. The van der Waals surface area contributed by atoms with Gasteiger partial charge in [0.15, 0.2) is 0 Å². The first-order valence-electron chi connectivity index (χ1n) is 8.79. The van der Waals surface area contributed by atoms with E-state index in [0.29, 0.717) is 23.6 Å². The van der Waals surface area contributed by atoms with Gasteiger partial charge in [0.25, 0.3) is 5.91 Å². The Morgan fingerprint density at radius 3 is 2.86 bits per heavy atom. The van der Waals surface area contributed by atoms with Crippen molar-refractivity contribution in [1.82, 2.24) is 20.0 Å². The molecule has 0 spiro atoms. The van der Waals surface area contributed by atoms with E-state index in [4.69, 9.17) is 4.74 Å². The molecule has 0 unspecified atom stereocenters. The zero-order chi connectivity index (χ0) is 19.3. The number of carbonyl (C=O) groups is 1. The lowest BCUT2D eigenvalue weighted by molar-refractivity contribution is 0.102. The minimum Gasteiger partial charge on any atom is -0.497 e. The second-order valence-corrected chi connectivity index (χ2v) is 6.26. The maximum absolute atomic E-state index is 12.6. The van der Waals surface area contributed by atoms with Gasteiger partial charge in [0, 0.05) is 23.6 Å². The van der Waals surface area contributed by atoms with E-state index in [9.17, 15) is 4.79 Å². The summed E-state index contributed by atoms with van der Waals surface area (Å²) in [5.74, 6) is 0.485. The van der Waals surface area contributed by atoms with E-state index in [1.807, 2.05) is 65.5 Å². The Kier molecular flexibility index (Phi) is 4.88. The van der Waals surface area contributed by atoms with E-state index in [0.717, 1.165) is 16.9 Å². The van der Waals surface area contributed by atoms with Crippen molar-refractivity contribution in [3.05, 3.63) is 84.3 Å². The maximum atomic E-state index is 12.6. The fourth-order valence-corrected chi connectivity index (χ4v) is 2.90. The molecule has 2 aromatic heterocycles. The Hall–Kier alpha value is -3.87. The number of nitrogens with one attached hydrogen (secondary N) is 2. The first-order chi connectivity index (χ1) is 13.7. The van der Waals surface area contributed by atoms with Crippen LogP contribution in [0.5, 0.6) is 5.75 Å². The molecule has 2 heterocycles. The van der Waals surface area contributed by atoms with Crippen molar-refractivity contribution in [3.8, 4) is 17.0 Å². The van der Waals surface area contributed by atoms with E-state index in [-0.39, 0.29) is 5.91 Å². The lowest BCUT2D eigenvalue weighted by Crippen LogP contribution is -2.12. The molecule has 28 heavy (non-hydrogen) atoms. The van der Waals surface area contributed by atoms with Crippen molar-refractivity contribution in [1.29, 1.82) is 0 Å². The van der Waals surface area contributed by atoms with Crippen LogP contribution < -0.4 is 10.1 Å². The highest BCUT2D eigenvalue weighted by Crippen LogP contribution is 2.23. The van der Waals surface area contributed by atoms with E-state index in [1.54, 1.807) is 19.4 Å². The second-order valence-electron chi connectivity index (χ2n) is 6.26. The summed E-state index contributed by atoms with van der Waals surface area (Å²) in [6, 6.07) is 18.8. The Bertz CT molecular complexity index is 1090. The zero-order valence-electron chi connectivity index (χ0n) is 15.3. The molecular weight excluding hydrogens is 354 g/mol. The van der Waals surface area contributed by atoms with Crippen LogP contribution in [0.2, 0.25) is 0 Å². The lowest BCUT2D eigenvalue weighted by Gasteiger charge is -2.07. The zero-order valence-corrected chi connectivity index (χ0v) is 15.3. The molecule has 0 saturated heterocycles. The van der Waals surface area contributed by atoms with E-state index in [1.165, 1.54) is 0 Å². The second kappa shape index (κ2) is 7.79. The number of ether oxygens (including phenoxy) is 1. The topological polar surface area (TPSA) is 84.8 Å². The van der Waals surface area contributed by atoms with Crippen LogP contribution >= 0.6 is 0 Å². The summed E-state index contributed by atoms with van der Waals surface area (Å²) in [6.07, 6.45) is 3.64. The molecule has 7 nitrogen and oxygen atoms in total. The molecule has 0 atom stereocenters. The number of nitrogens with zero attached hydrogens (tertiary/aromatic N) is 3. The first kappa shape index (κ1) is 17.5. The number of hydrogen-bond donors (Lipinski definition) is 2. The van der Waals surface area contributed by atoms with Crippen LogP contribution in [0.4, 0.5) is 5.69 Å². The largest absolute Gasteiger partial charge is 0.497 e. The first-order valence-corrected chi connectivity index (χ1v) is 8.79. The van der Waals surface area contributed by atoms with Gasteiger partial charge in [-0.3, -0.25) is 14.6 Å². The molecule has 0 aliphatic rings. The SMILES string of the molecule is COc1cccc(-c2cc(C(=O)Nc3cccc(Cn4cccn4)c3)[nH]n2)c1. The van der Waals surface area contributed by atoms with E-state index in [2.05, 4.69) is 20.6 Å². The maximum Gasteiger partial charge on any atom is 0.273 e. The van der Waals surface area contributed by atoms with Crippen LogP contribution in [0.25, 0.3) is 11.3 Å². The average molecular weight is 373 g/mol. The Morgan fingerprint density at radius 2 is 2.04 bits per heavy atom. The molecule has 0 saturated carbocycles. The van der Waals surface area contributed by atoms with E-state index >= 15 is 0 Å². The van der Waals surface area contributed by atoms with Crippen molar-refractivity contribution < 1.29 is 9.53 Å². The highest BCUT2D eigenvalue weighted by molar-refractivity contribution is 6.03. The van der Waals surface area contributed by atoms with Gasteiger partial charge >= 0.3 is 0 Å². The molecule has 1 amide bonds. The number of H-pyrrole nitrogens is 1. The molecule has 7 heteroatoms. The summed E-state index contributed by atoms with van der Waals surface area (Å²) in [5, 5.41) is 14.1. The van der Waals surface area contributed by atoms with Crippen molar-refractivity contribution in [2.75, 3.05) is 12.4 Å². The van der Waals surface area contributed by atoms with E-state index < -0.39 is 0 Å². The fraction of sp³-hybridized carbons (Fsp3) is 0.0952. The molecule has 0 bridgehead atoms. The third kappa shape index (κ3) is 3.93. The third-order valence-electron chi connectivity index (χ3n) is 4.28. The normalized spacial score (nSPS) is 10.6. The minimum absolute atomic E-state index is 0.252. The number of methoxy groups -OCH3 is 1. The molecule has 0 fully saturated rings. The predicted molar refractivity (Wildman–Crippen MR) is 106 cm³/mol. The van der Waals surface area contributed by atoms with Crippen LogP contribution in [-0.4, -0.2) is 33.0 Å². The smallest absolute Gasteiger partial charge is 0.273 e. The lowest BCUT2D eigenvalue weighted by atomic mass is 10.1. The van der Waals surface area contributed by atoms with Gasteiger partial charge in [-0.05, 0) is 42.0 Å². The summed E-state index contributed by atoms with van der Waals surface area (Å²) < 4.78 is 7.06. The van der Waals surface area contributed by atoms with Gasteiger partial charge in [-0.15, -0.1) is 0 Å². The van der Waals surface area contributed by atoms with Crippen molar-refractivity contribution in [2.24, 2.45) is 0 Å². The van der Waals surface area contributed by atoms with Gasteiger partial charge in [-0.1, -0.05) is 24.3 Å². The number of amides is 1. The fourth-order valence-electron chi connectivity index (χ4n) is 2.90. The molecule has 140 valence electrons. The van der Waals surface area contributed by atoms with Gasteiger partial charge in [0.2, 0.25) is 0 Å². The minimum atomic E-state index is -0.252. The van der Waals surface area contributed by atoms with Crippen molar-refractivity contribution in [2.45, 2.75) is 6.54 Å². The standard InChI is InChI=1S/C21H19N5O2/c1-28-18-8-3-6-16(12-18)19-13-20(25-24-19)21(27)23-17-7-2-5-15(11-17)14-26-10-4-9-22-26/h2-13H,14H2,1H3,(H,23,27)(H,24,25). The van der Waals surface area contributed by atoms with Crippen LogP contribution in [-0.2, 0) is 6.54 Å².